The van der Waals surface area contributed by atoms with Gasteiger partial charge in [0.25, 0.3) is 10.1 Å². The first-order valence-electron chi connectivity index (χ1n) is 12.2. The van der Waals surface area contributed by atoms with Gasteiger partial charge in [0.05, 0.1) is 45.1 Å². The van der Waals surface area contributed by atoms with E-state index in [0.29, 0.717) is 32.9 Å². The topological polar surface area (TPSA) is 140 Å². The van der Waals surface area contributed by atoms with Gasteiger partial charge >= 0.3 is 18.0 Å². The molecule has 0 saturated carbocycles. The molecular formula is C24H39N2O9S+. The summed E-state index contributed by atoms with van der Waals surface area (Å²) in [6.07, 6.45) is 9.99. The van der Waals surface area contributed by atoms with Gasteiger partial charge in [0, 0.05) is 0 Å². The van der Waals surface area contributed by atoms with Crippen LogP contribution in [-0.4, -0.2) is 81.6 Å². The van der Waals surface area contributed by atoms with Crippen LogP contribution in [0, 0.1) is 0 Å². The number of aryl methyl sites for hydroxylation is 1. The van der Waals surface area contributed by atoms with E-state index < -0.39 is 22.1 Å². The van der Waals surface area contributed by atoms with Crippen LogP contribution in [0.5, 0.6) is 0 Å². The number of nitrogens with zero attached hydrogens (tertiary/aromatic N) is 2. The van der Waals surface area contributed by atoms with Crippen molar-refractivity contribution < 1.29 is 46.1 Å². The van der Waals surface area contributed by atoms with Crippen molar-refractivity contribution in [3.8, 4) is 0 Å². The molecule has 1 saturated heterocycles. The van der Waals surface area contributed by atoms with Gasteiger partial charge in [-0.2, -0.15) is 17.8 Å². The summed E-state index contributed by atoms with van der Waals surface area (Å²) < 4.78 is 45.9. The fraction of sp³-hybridized carbons (Fsp3) is 0.667. The largest absolute Gasteiger partial charge is 0.498 e. The monoisotopic (exact) mass is 531 g/mol. The molecule has 1 aromatic rings. The number of amides is 1. The molecule has 1 N–H and O–H groups in total. The van der Waals surface area contributed by atoms with Crippen LogP contribution < -0.4 is 4.57 Å². The van der Waals surface area contributed by atoms with Gasteiger partial charge < -0.3 is 14.2 Å². The van der Waals surface area contributed by atoms with Gasteiger partial charge in [-0.15, -0.1) is 0 Å². The molecule has 1 amide bonds. The smallest absolute Gasteiger partial charge is 0.469 e. The average Bonchev–Trinajstić information content (AvgIpc) is 2.87. The summed E-state index contributed by atoms with van der Waals surface area (Å²) in [5.74, 6) is -1.37. The third-order valence-electron chi connectivity index (χ3n) is 5.33. The maximum absolute atomic E-state index is 12.1. The molecule has 0 aliphatic carbocycles. The first-order valence-corrected chi connectivity index (χ1v) is 13.8. The maximum atomic E-state index is 12.1. The van der Waals surface area contributed by atoms with Crippen LogP contribution in [0.3, 0.4) is 0 Å². The third kappa shape index (κ3) is 14.7. The fourth-order valence-corrected chi connectivity index (χ4v) is 3.72. The van der Waals surface area contributed by atoms with Crippen molar-refractivity contribution in [2.45, 2.75) is 58.3 Å². The van der Waals surface area contributed by atoms with E-state index >= 15 is 0 Å². The van der Waals surface area contributed by atoms with Gasteiger partial charge in [-0.1, -0.05) is 39.0 Å². The number of morpholine rings is 1. The Morgan fingerprint density at radius 1 is 1.03 bits per heavy atom. The molecular weight excluding hydrogens is 492 g/mol. The lowest BCUT2D eigenvalue weighted by atomic mass is 10.1. The molecule has 1 aliphatic rings. The minimum absolute atomic E-state index is 0.130. The van der Waals surface area contributed by atoms with Crippen LogP contribution in [0.4, 0.5) is 4.79 Å². The molecule has 2 rings (SSSR count). The van der Waals surface area contributed by atoms with E-state index in [2.05, 4.69) is 11.7 Å². The van der Waals surface area contributed by atoms with Crippen LogP contribution in [-0.2, 0) is 40.3 Å². The number of carbonyl (C=O) groups excluding carboxylic acids is 3. The zero-order valence-electron chi connectivity index (χ0n) is 21.2. The lowest BCUT2D eigenvalue weighted by Crippen LogP contribution is -2.55. The van der Waals surface area contributed by atoms with Crippen LogP contribution in [0.25, 0.3) is 0 Å². The normalized spacial score (nSPS) is 13.4. The molecule has 0 aromatic carbocycles. The van der Waals surface area contributed by atoms with E-state index in [1.165, 1.54) is 37.4 Å². The second-order valence-corrected chi connectivity index (χ2v) is 9.84. The number of rotatable bonds is 12. The Labute approximate surface area is 213 Å². The van der Waals surface area contributed by atoms with Gasteiger partial charge in [-0.25, -0.2) is 4.90 Å². The van der Waals surface area contributed by atoms with Crippen molar-refractivity contribution in [2.24, 2.45) is 0 Å². The summed E-state index contributed by atoms with van der Waals surface area (Å²) in [6, 6.07) is 3.21. The van der Waals surface area contributed by atoms with Crippen LogP contribution in [0.2, 0.25) is 0 Å². The molecule has 0 spiro atoms. The van der Waals surface area contributed by atoms with Crippen molar-refractivity contribution in [2.75, 3.05) is 45.8 Å². The number of carbonyl (C=O) groups is 3. The predicted molar refractivity (Wildman–Crippen MR) is 131 cm³/mol. The van der Waals surface area contributed by atoms with Gasteiger partial charge in [0.15, 0.2) is 0 Å². The molecule has 204 valence electrons. The first-order chi connectivity index (χ1) is 17.2. The van der Waals surface area contributed by atoms with E-state index in [0.717, 1.165) is 18.4 Å². The molecule has 0 bridgehead atoms. The molecule has 1 aliphatic heterocycles. The number of hydrogen-bond acceptors (Lipinski definition) is 8. The molecule has 11 nitrogen and oxygen atoms in total. The zero-order valence-corrected chi connectivity index (χ0v) is 22.0. The summed E-state index contributed by atoms with van der Waals surface area (Å²) in [6.45, 7) is 4.79. The van der Waals surface area contributed by atoms with Crippen LogP contribution >= 0.6 is 0 Å². The Kier molecular flexibility index (Phi) is 15.6. The van der Waals surface area contributed by atoms with Gasteiger partial charge in [0.2, 0.25) is 0 Å². The van der Waals surface area contributed by atoms with Gasteiger partial charge in [-0.3, -0.25) is 14.1 Å². The van der Waals surface area contributed by atoms with Crippen molar-refractivity contribution in [3.63, 3.8) is 0 Å². The molecule has 12 heteroatoms. The Hall–Kier alpha value is -2.57. The standard InChI is InChI=1S/C12H16N2O5S.C12H22O4/c15-12(14-6-8-19-9-7-14)13-4-1-11(2-5-13)3-10-20(16,17)18;1-3-4-5-6-7-8-9-16-12(14)10-11(13)15-2/h1-2,4-5H,3,6-10H2;3-10H2,1-2H3/p+1. The van der Waals surface area contributed by atoms with E-state index in [1.54, 1.807) is 29.4 Å². The molecule has 0 unspecified atom stereocenters. The molecule has 1 aromatic heterocycles. The number of esters is 2. The molecule has 1 fully saturated rings. The SMILES string of the molecule is CCCCCCCCOC(=O)CC(=O)OC.O=C(N1CCOCC1)[n+]1ccc(CCS(=O)(=O)O)cc1. The highest BCUT2D eigenvalue weighted by atomic mass is 32.2. The van der Waals surface area contributed by atoms with Crippen molar-refractivity contribution in [1.82, 2.24) is 4.90 Å². The first kappa shape index (κ1) is 31.5. The highest BCUT2D eigenvalue weighted by molar-refractivity contribution is 7.85. The Bertz CT molecular complexity index is 899. The lowest BCUT2D eigenvalue weighted by Gasteiger charge is -2.19. The van der Waals surface area contributed by atoms with E-state index in [9.17, 15) is 22.8 Å². The van der Waals surface area contributed by atoms with Crippen molar-refractivity contribution in [1.29, 1.82) is 0 Å². The molecule has 36 heavy (non-hydrogen) atoms. The van der Waals surface area contributed by atoms with Crippen LogP contribution in [0.1, 0.15) is 57.4 Å². The summed E-state index contributed by atoms with van der Waals surface area (Å²) in [5.41, 5.74) is 0.744. The van der Waals surface area contributed by atoms with Crippen LogP contribution in [0.15, 0.2) is 24.5 Å². The summed E-state index contributed by atoms with van der Waals surface area (Å²) in [7, 11) is -2.71. The van der Waals surface area contributed by atoms with E-state index in [-0.39, 0.29) is 24.6 Å². The van der Waals surface area contributed by atoms with Crippen molar-refractivity contribution >= 4 is 28.1 Å². The number of hydrogen-bond donors (Lipinski definition) is 1. The second kappa shape index (κ2) is 17.8. The Balaban J connectivity index is 0.000000371. The number of unbranched alkanes of at least 4 members (excludes halogenated alkanes) is 5. The lowest BCUT2D eigenvalue weighted by molar-refractivity contribution is -0.578. The van der Waals surface area contributed by atoms with Crippen molar-refractivity contribution in [3.05, 3.63) is 30.1 Å². The van der Waals surface area contributed by atoms with Gasteiger partial charge in [0.1, 0.15) is 19.5 Å². The quantitative estimate of drug-likeness (QED) is 0.141. The van der Waals surface area contributed by atoms with E-state index in [4.69, 9.17) is 14.0 Å². The highest BCUT2D eigenvalue weighted by Crippen LogP contribution is 2.05. The summed E-state index contributed by atoms with van der Waals surface area (Å²) >= 11 is 0. The molecule has 2 heterocycles. The summed E-state index contributed by atoms with van der Waals surface area (Å²) in [4.78, 5) is 35.6. The molecule has 0 atom stereocenters. The number of pyridine rings is 1. The Morgan fingerprint density at radius 2 is 1.64 bits per heavy atom. The zero-order chi connectivity index (χ0) is 26.8. The fourth-order valence-electron chi connectivity index (χ4n) is 3.23. The second-order valence-electron chi connectivity index (χ2n) is 8.27. The minimum atomic E-state index is -3.96. The average molecular weight is 532 g/mol. The highest BCUT2D eigenvalue weighted by Gasteiger charge is 2.26. The maximum Gasteiger partial charge on any atom is 0.498 e. The summed E-state index contributed by atoms with van der Waals surface area (Å²) in [5, 5.41) is 0. The third-order valence-corrected chi connectivity index (χ3v) is 6.05. The molecule has 0 radical (unpaired) electrons. The number of methoxy groups -OCH3 is 1. The minimum Gasteiger partial charge on any atom is -0.469 e. The number of ether oxygens (including phenoxy) is 3. The Morgan fingerprint density at radius 3 is 2.22 bits per heavy atom. The predicted octanol–water partition coefficient (Wildman–Crippen LogP) is 2.16. The van der Waals surface area contributed by atoms with E-state index in [1.807, 2.05) is 0 Å². The van der Waals surface area contributed by atoms with Gasteiger partial charge in [-0.05, 0) is 30.5 Å². The number of aromatic nitrogens is 1.